The maximum Gasteiger partial charge on any atom is 0.127 e. The minimum atomic E-state index is -0.129. The van der Waals surface area contributed by atoms with Crippen LogP contribution in [-0.2, 0) is 4.79 Å². The van der Waals surface area contributed by atoms with Crippen LogP contribution >= 0.6 is 11.6 Å². The number of hydrogen-bond acceptors (Lipinski definition) is 2. The van der Waals surface area contributed by atoms with Crippen LogP contribution in [0.1, 0.15) is 23.8 Å². The van der Waals surface area contributed by atoms with Gasteiger partial charge in [-0.2, -0.15) is 0 Å². The first-order valence-electron chi connectivity index (χ1n) is 6.20. The van der Waals surface area contributed by atoms with Gasteiger partial charge in [0.05, 0.1) is 5.38 Å². The van der Waals surface area contributed by atoms with Crippen molar-refractivity contribution >= 4 is 17.9 Å². The predicted octanol–water partition coefficient (Wildman–Crippen LogP) is 4.74. The van der Waals surface area contributed by atoms with Crippen LogP contribution in [0.4, 0.5) is 0 Å². The van der Waals surface area contributed by atoms with Gasteiger partial charge in [0.1, 0.15) is 17.8 Å². The van der Waals surface area contributed by atoms with E-state index < -0.39 is 0 Å². The molecule has 0 aliphatic carbocycles. The van der Waals surface area contributed by atoms with Gasteiger partial charge in [0.25, 0.3) is 0 Å². The lowest BCUT2D eigenvalue weighted by Gasteiger charge is -2.10. The highest BCUT2D eigenvalue weighted by atomic mass is 35.5. The van der Waals surface area contributed by atoms with E-state index >= 15 is 0 Å². The lowest BCUT2D eigenvalue weighted by molar-refractivity contribution is -0.107. The number of ether oxygens (including phenoxy) is 1. The van der Waals surface area contributed by atoms with Crippen molar-refractivity contribution in [3.05, 3.63) is 60.2 Å². The van der Waals surface area contributed by atoms with Crippen LogP contribution in [0.25, 0.3) is 0 Å². The monoisotopic (exact) mass is 274 g/mol. The average molecular weight is 275 g/mol. The minimum Gasteiger partial charge on any atom is -0.457 e. The number of benzene rings is 2. The van der Waals surface area contributed by atoms with E-state index in [1.807, 2.05) is 54.6 Å². The molecule has 3 heteroatoms. The number of hydrogen-bond donors (Lipinski definition) is 0. The molecule has 1 unspecified atom stereocenters. The van der Waals surface area contributed by atoms with Gasteiger partial charge in [-0.05, 0) is 36.2 Å². The molecule has 0 bridgehead atoms. The normalized spacial score (nSPS) is 11.8. The van der Waals surface area contributed by atoms with Crippen LogP contribution in [0.2, 0.25) is 0 Å². The van der Waals surface area contributed by atoms with Gasteiger partial charge in [0, 0.05) is 6.42 Å². The predicted molar refractivity (Wildman–Crippen MR) is 76.9 cm³/mol. The zero-order valence-electron chi connectivity index (χ0n) is 10.5. The van der Waals surface area contributed by atoms with Crippen LogP contribution in [0.5, 0.6) is 11.5 Å². The Hall–Kier alpha value is -1.80. The molecule has 0 radical (unpaired) electrons. The molecule has 2 aromatic carbocycles. The van der Waals surface area contributed by atoms with Crippen LogP contribution in [0, 0.1) is 0 Å². The van der Waals surface area contributed by atoms with Gasteiger partial charge >= 0.3 is 0 Å². The lowest BCUT2D eigenvalue weighted by atomic mass is 10.1. The molecule has 0 spiro atoms. The zero-order valence-corrected chi connectivity index (χ0v) is 11.2. The highest BCUT2D eigenvalue weighted by Gasteiger charge is 2.07. The molecule has 0 aromatic heterocycles. The summed E-state index contributed by atoms with van der Waals surface area (Å²) in [6.45, 7) is 0. The average Bonchev–Trinajstić information content (AvgIpc) is 2.46. The summed E-state index contributed by atoms with van der Waals surface area (Å²) >= 11 is 6.20. The third-order valence-corrected chi connectivity index (χ3v) is 3.23. The van der Waals surface area contributed by atoms with Crippen LogP contribution in [0.3, 0.4) is 0 Å². The van der Waals surface area contributed by atoms with Crippen molar-refractivity contribution in [1.29, 1.82) is 0 Å². The number of carbonyl (C=O) groups excluding carboxylic acids is 1. The Kier molecular flexibility index (Phi) is 4.99. The van der Waals surface area contributed by atoms with Crippen LogP contribution < -0.4 is 4.74 Å². The summed E-state index contributed by atoms with van der Waals surface area (Å²) in [7, 11) is 0. The third-order valence-electron chi connectivity index (χ3n) is 2.76. The third kappa shape index (κ3) is 4.11. The van der Waals surface area contributed by atoms with Crippen molar-refractivity contribution in [3.63, 3.8) is 0 Å². The second kappa shape index (κ2) is 6.95. The van der Waals surface area contributed by atoms with E-state index in [9.17, 15) is 4.79 Å². The maximum absolute atomic E-state index is 10.3. The van der Waals surface area contributed by atoms with E-state index in [-0.39, 0.29) is 5.38 Å². The van der Waals surface area contributed by atoms with E-state index in [1.165, 1.54) is 0 Å². The van der Waals surface area contributed by atoms with Crippen molar-refractivity contribution < 1.29 is 9.53 Å². The standard InChI is InChI=1S/C16H15ClO2/c17-16(7-4-12-18)13-8-10-15(11-9-13)19-14-5-2-1-3-6-14/h1-3,5-6,8-12,16H,4,7H2. The number of para-hydroxylation sites is 1. The van der Waals surface area contributed by atoms with Crippen molar-refractivity contribution in [1.82, 2.24) is 0 Å². The topological polar surface area (TPSA) is 26.3 Å². The molecule has 0 aliphatic rings. The first kappa shape index (κ1) is 13.6. The Morgan fingerprint density at radius 2 is 1.63 bits per heavy atom. The van der Waals surface area contributed by atoms with Gasteiger partial charge < -0.3 is 9.53 Å². The fraction of sp³-hybridized carbons (Fsp3) is 0.188. The Labute approximate surface area is 118 Å². The van der Waals surface area contributed by atoms with Crippen molar-refractivity contribution in [2.24, 2.45) is 0 Å². The first-order chi connectivity index (χ1) is 9.29. The van der Waals surface area contributed by atoms with E-state index in [1.54, 1.807) is 0 Å². The summed E-state index contributed by atoms with van der Waals surface area (Å²) in [6, 6.07) is 17.3. The molecule has 0 fully saturated rings. The smallest absolute Gasteiger partial charge is 0.127 e. The zero-order chi connectivity index (χ0) is 13.5. The molecule has 1 atom stereocenters. The fourth-order valence-electron chi connectivity index (χ4n) is 1.75. The molecule has 2 rings (SSSR count). The summed E-state index contributed by atoms with van der Waals surface area (Å²) in [5.74, 6) is 1.58. The molecule has 98 valence electrons. The largest absolute Gasteiger partial charge is 0.457 e. The summed E-state index contributed by atoms with van der Waals surface area (Å²) in [6.07, 6.45) is 2.03. The lowest BCUT2D eigenvalue weighted by Crippen LogP contribution is -1.91. The summed E-state index contributed by atoms with van der Waals surface area (Å²) in [5.41, 5.74) is 1.00. The summed E-state index contributed by atoms with van der Waals surface area (Å²) in [5, 5.41) is -0.129. The van der Waals surface area contributed by atoms with Crippen LogP contribution in [0.15, 0.2) is 54.6 Å². The fourth-order valence-corrected chi connectivity index (χ4v) is 2.02. The number of rotatable bonds is 6. The van der Waals surface area contributed by atoms with E-state index in [2.05, 4.69) is 0 Å². The second-order valence-electron chi connectivity index (χ2n) is 4.20. The molecule has 0 saturated carbocycles. The quantitative estimate of drug-likeness (QED) is 0.562. The van der Waals surface area contributed by atoms with Gasteiger partial charge in [0.2, 0.25) is 0 Å². The maximum atomic E-state index is 10.3. The second-order valence-corrected chi connectivity index (χ2v) is 4.72. The van der Waals surface area contributed by atoms with Crippen molar-refractivity contribution in [2.45, 2.75) is 18.2 Å². The van der Waals surface area contributed by atoms with Crippen molar-refractivity contribution in [3.8, 4) is 11.5 Å². The highest BCUT2D eigenvalue weighted by Crippen LogP contribution is 2.28. The van der Waals surface area contributed by atoms with E-state index in [4.69, 9.17) is 16.3 Å². The van der Waals surface area contributed by atoms with E-state index in [0.717, 1.165) is 23.3 Å². The number of aldehydes is 1. The molecular formula is C16H15ClO2. The molecular weight excluding hydrogens is 260 g/mol. The van der Waals surface area contributed by atoms with Crippen molar-refractivity contribution in [2.75, 3.05) is 0 Å². The molecule has 0 aliphatic heterocycles. The number of halogens is 1. The molecule has 0 N–H and O–H groups in total. The highest BCUT2D eigenvalue weighted by molar-refractivity contribution is 6.20. The Morgan fingerprint density at radius 1 is 1.00 bits per heavy atom. The van der Waals surface area contributed by atoms with E-state index in [0.29, 0.717) is 12.8 Å². The van der Waals surface area contributed by atoms with Crippen LogP contribution in [-0.4, -0.2) is 6.29 Å². The molecule has 0 saturated heterocycles. The molecule has 19 heavy (non-hydrogen) atoms. The van der Waals surface area contributed by atoms with Gasteiger partial charge in [-0.3, -0.25) is 0 Å². The number of carbonyl (C=O) groups is 1. The molecule has 2 aromatic rings. The number of alkyl halides is 1. The molecule has 2 nitrogen and oxygen atoms in total. The van der Waals surface area contributed by atoms with Gasteiger partial charge in [0.15, 0.2) is 0 Å². The Morgan fingerprint density at radius 3 is 2.26 bits per heavy atom. The Bertz CT molecular complexity index is 508. The van der Waals surface area contributed by atoms with Gasteiger partial charge in [-0.25, -0.2) is 0 Å². The van der Waals surface area contributed by atoms with Gasteiger partial charge in [-0.15, -0.1) is 11.6 Å². The molecule has 0 heterocycles. The SMILES string of the molecule is O=CCCC(Cl)c1ccc(Oc2ccccc2)cc1. The van der Waals surface area contributed by atoms with Gasteiger partial charge in [-0.1, -0.05) is 30.3 Å². The summed E-state index contributed by atoms with van der Waals surface area (Å²) < 4.78 is 5.69. The summed E-state index contributed by atoms with van der Waals surface area (Å²) in [4.78, 5) is 10.3. The molecule has 0 amide bonds. The Balaban J connectivity index is 2.00. The first-order valence-corrected chi connectivity index (χ1v) is 6.64. The minimum absolute atomic E-state index is 0.129.